The van der Waals surface area contributed by atoms with Gasteiger partial charge in [-0.1, -0.05) is 25.1 Å². The minimum atomic E-state index is 0.344. The Kier molecular flexibility index (Phi) is 6.90. The average Bonchev–Trinajstić information content (AvgIpc) is 2.43. The number of para-hydroxylation sites is 1. The third kappa shape index (κ3) is 5.20. The Bertz CT molecular complexity index is 356. The standard InChI is InChI=1S/C15H23N3/c1-3-14(10-11-16)17-12-7-13-18(2)15-8-5-4-6-9-15/h4-6,8-9,14,17H,3,7,10,12-13H2,1-2H3. The Balaban J connectivity index is 2.20. The van der Waals surface area contributed by atoms with Crippen LogP contribution in [0.3, 0.4) is 0 Å². The van der Waals surface area contributed by atoms with Crippen molar-refractivity contribution < 1.29 is 0 Å². The van der Waals surface area contributed by atoms with Crippen LogP contribution >= 0.6 is 0 Å². The fourth-order valence-corrected chi connectivity index (χ4v) is 1.91. The lowest BCUT2D eigenvalue weighted by molar-refractivity contribution is 0.498. The molecule has 0 radical (unpaired) electrons. The second-order valence-corrected chi connectivity index (χ2v) is 4.53. The number of benzene rings is 1. The molecule has 0 aliphatic rings. The summed E-state index contributed by atoms with van der Waals surface area (Å²) >= 11 is 0. The van der Waals surface area contributed by atoms with Gasteiger partial charge in [0.2, 0.25) is 0 Å². The first-order chi connectivity index (χ1) is 8.77. The predicted molar refractivity (Wildman–Crippen MR) is 76.6 cm³/mol. The van der Waals surface area contributed by atoms with E-state index < -0.39 is 0 Å². The first kappa shape index (κ1) is 14.5. The Hall–Kier alpha value is -1.53. The van der Waals surface area contributed by atoms with Crippen LogP contribution in [0.2, 0.25) is 0 Å². The zero-order chi connectivity index (χ0) is 13.2. The molecule has 1 rings (SSSR count). The lowest BCUT2D eigenvalue weighted by Gasteiger charge is -2.20. The molecule has 98 valence electrons. The minimum absolute atomic E-state index is 0.344. The molecule has 18 heavy (non-hydrogen) atoms. The third-order valence-corrected chi connectivity index (χ3v) is 3.13. The maximum Gasteiger partial charge on any atom is 0.0638 e. The van der Waals surface area contributed by atoms with E-state index in [-0.39, 0.29) is 0 Å². The number of hydrogen-bond acceptors (Lipinski definition) is 3. The Morgan fingerprint density at radius 1 is 1.33 bits per heavy atom. The molecule has 0 fully saturated rings. The molecule has 0 saturated heterocycles. The first-order valence-corrected chi connectivity index (χ1v) is 6.64. The summed E-state index contributed by atoms with van der Waals surface area (Å²) in [5, 5.41) is 12.1. The van der Waals surface area contributed by atoms with E-state index in [0.29, 0.717) is 12.5 Å². The smallest absolute Gasteiger partial charge is 0.0638 e. The summed E-state index contributed by atoms with van der Waals surface area (Å²) in [5.41, 5.74) is 1.25. The maximum absolute atomic E-state index is 8.66. The third-order valence-electron chi connectivity index (χ3n) is 3.13. The fourth-order valence-electron chi connectivity index (χ4n) is 1.91. The Morgan fingerprint density at radius 3 is 2.67 bits per heavy atom. The molecule has 0 heterocycles. The molecule has 0 amide bonds. The van der Waals surface area contributed by atoms with Crippen molar-refractivity contribution in [2.75, 3.05) is 25.0 Å². The summed E-state index contributed by atoms with van der Waals surface area (Å²) in [7, 11) is 2.11. The molecular weight excluding hydrogens is 222 g/mol. The number of nitriles is 1. The molecule has 1 aromatic rings. The van der Waals surface area contributed by atoms with Crippen molar-refractivity contribution in [1.29, 1.82) is 5.26 Å². The van der Waals surface area contributed by atoms with Gasteiger partial charge in [-0.15, -0.1) is 0 Å². The molecule has 0 spiro atoms. The lowest BCUT2D eigenvalue weighted by atomic mass is 10.1. The van der Waals surface area contributed by atoms with E-state index in [1.807, 2.05) is 6.07 Å². The summed E-state index contributed by atoms with van der Waals surface area (Å²) < 4.78 is 0. The Labute approximate surface area is 110 Å². The van der Waals surface area contributed by atoms with Gasteiger partial charge in [-0.2, -0.15) is 5.26 Å². The Morgan fingerprint density at radius 2 is 2.06 bits per heavy atom. The molecule has 0 saturated carbocycles. The SMILES string of the molecule is CCC(CC#N)NCCCN(C)c1ccccc1. The van der Waals surface area contributed by atoms with E-state index >= 15 is 0 Å². The molecular formula is C15H23N3. The van der Waals surface area contributed by atoms with E-state index in [1.54, 1.807) is 0 Å². The highest BCUT2D eigenvalue weighted by Gasteiger charge is 2.04. The highest BCUT2D eigenvalue weighted by molar-refractivity contribution is 5.44. The van der Waals surface area contributed by atoms with E-state index in [2.05, 4.69) is 54.5 Å². The van der Waals surface area contributed by atoms with Crippen molar-refractivity contribution >= 4 is 5.69 Å². The van der Waals surface area contributed by atoms with Crippen molar-refractivity contribution in [2.45, 2.75) is 32.2 Å². The van der Waals surface area contributed by atoms with Crippen LogP contribution in [0.5, 0.6) is 0 Å². The van der Waals surface area contributed by atoms with Crippen LogP contribution in [0, 0.1) is 11.3 Å². The van der Waals surface area contributed by atoms with Crippen molar-refractivity contribution in [3.8, 4) is 6.07 Å². The largest absolute Gasteiger partial charge is 0.375 e. The molecule has 1 aromatic carbocycles. The summed E-state index contributed by atoms with van der Waals surface area (Å²) in [4.78, 5) is 2.26. The number of anilines is 1. The van der Waals surface area contributed by atoms with Crippen LogP contribution in [-0.4, -0.2) is 26.2 Å². The van der Waals surface area contributed by atoms with E-state index in [4.69, 9.17) is 5.26 Å². The van der Waals surface area contributed by atoms with E-state index in [9.17, 15) is 0 Å². The zero-order valence-corrected chi connectivity index (χ0v) is 11.4. The molecule has 0 aliphatic heterocycles. The molecule has 0 bridgehead atoms. The summed E-state index contributed by atoms with van der Waals surface area (Å²) in [6, 6.07) is 13.0. The summed E-state index contributed by atoms with van der Waals surface area (Å²) in [6.45, 7) is 4.11. The van der Waals surface area contributed by atoms with Crippen LogP contribution in [0.4, 0.5) is 5.69 Å². The molecule has 1 unspecified atom stereocenters. The second-order valence-electron chi connectivity index (χ2n) is 4.53. The van der Waals surface area contributed by atoms with Gasteiger partial charge >= 0.3 is 0 Å². The predicted octanol–water partition coefficient (Wildman–Crippen LogP) is 2.79. The van der Waals surface area contributed by atoms with Gasteiger partial charge in [-0.05, 0) is 31.5 Å². The van der Waals surface area contributed by atoms with Gasteiger partial charge in [0.25, 0.3) is 0 Å². The van der Waals surface area contributed by atoms with Gasteiger partial charge in [0.1, 0.15) is 0 Å². The van der Waals surface area contributed by atoms with Crippen molar-refractivity contribution in [2.24, 2.45) is 0 Å². The quantitative estimate of drug-likeness (QED) is 0.716. The molecule has 3 nitrogen and oxygen atoms in total. The average molecular weight is 245 g/mol. The van der Waals surface area contributed by atoms with Crippen molar-refractivity contribution in [3.05, 3.63) is 30.3 Å². The zero-order valence-electron chi connectivity index (χ0n) is 11.4. The van der Waals surface area contributed by atoms with E-state index in [1.165, 1.54) is 5.69 Å². The molecule has 3 heteroatoms. The fraction of sp³-hybridized carbons (Fsp3) is 0.533. The highest BCUT2D eigenvalue weighted by Crippen LogP contribution is 2.10. The van der Waals surface area contributed by atoms with Crippen molar-refractivity contribution in [3.63, 3.8) is 0 Å². The van der Waals surface area contributed by atoms with Gasteiger partial charge in [0.15, 0.2) is 0 Å². The van der Waals surface area contributed by atoms with Crippen LogP contribution in [0.1, 0.15) is 26.2 Å². The van der Waals surface area contributed by atoms with Gasteiger partial charge < -0.3 is 10.2 Å². The number of nitrogens with zero attached hydrogens (tertiary/aromatic N) is 2. The van der Waals surface area contributed by atoms with Crippen LogP contribution < -0.4 is 10.2 Å². The summed E-state index contributed by atoms with van der Waals surface area (Å²) in [6.07, 6.45) is 2.71. The number of hydrogen-bond donors (Lipinski definition) is 1. The normalized spacial score (nSPS) is 11.8. The molecule has 0 aliphatic carbocycles. The van der Waals surface area contributed by atoms with Crippen LogP contribution in [-0.2, 0) is 0 Å². The number of rotatable bonds is 8. The van der Waals surface area contributed by atoms with Gasteiger partial charge in [-0.3, -0.25) is 0 Å². The highest BCUT2D eigenvalue weighted by atomic mass is 15.1. The minimum Gasteiger partial charge on any atom is -0.375 e. The van der Waals surface area contributed by atoms with Gasteiger partial charge in [0.05, 0.1) is 12.5 Å². The van der Waals surface area contributed by atoms with E-state index in [0.717, 1.165) is 25.9 Å². The second kappa shape index (κ2) is 8.54. The lowest BCUT2D eigenvalue weighted by Crippen LogP contribution is -2.31. The topological polar surface area (TPSA) is 39.1 Å². The monoisotopic (exact) mass is 245 g/mol. The first-order valence-electron chi connectivity index (χ1n) is 6.64. The molecule has 1 atom stereocenters. The number of nitrogens with one attached hydrogen (secondary N) is 1. The van der Waals surface area contributed by atoms with Gasteiger partial charge in [-0.25, -0.2) is 0 Å². The molecule has 0 aromatic heterocycles. The van der Waals surface area contributed by atoms with Crippen LogP contribution in [0.15, 0.2) is 30.3 Å². The maximum atomic E-state index is 8.66. The van der Waals surface area contributed by atoms with Crippen molar-refractivity contribution in [1.82, 2.24) is 5.32 Å². The van der Waals surface area contributed by atoms with Crippen LogP contribution in [0.25, 0.3) is 0 Å². The molecule has 1 N–H and O–H groups in total. The summed E-state index contributed by atoms with van der Waals surface area (Å²) in [5.74, 6) is 0. The van der Waals surface area contributed by atoms with Gasteiger partial charge in [0, 0.05) is 25.3 Å².